The Hall–Kier alpha value is -1.02. The highest BCUT2D eigenvalue weighted by Gasteiger charge is 2.29. The fraction of sp³-hybridized carbons (Fsp3) is 0.583. The number of hydrogen-bond donors (Lipinski definition) is 3. The number of aliphatic hydroxyl groups excluding tert-OH is 1. The van der Waals surface area contributed by atoms with E-state index in [9.17, 15) is 13.5 Å². The predicted octanol–water partition coefficient (Wildman–Crippen LogP) is 0.122. The number of nitrogens with zero attached hydrogens (tertiary/aromatic N) is 1. The summed E-state index contributed by atoms with van der Waals surface area (Å²) in [5.74, 6) is 0. The largest absolute Gasteiger partial charge is 0.391 e. The van der Waals surface area contributed by atoms with Crippen molar-refractivity contribution in [2.75, 3.05) is 0 Å². The highest BCUT2D eigenvalue weighted by atomic mass is 32.2. The molecular weight excluding hydrogens is 266 g/mol. The molecule has 0 aromatic carbocycles. The van der Waals surface area contributed by atoms with Crippen molar-refractivity contribution in [1.29, 1.82) is 0 Å². The van der Waals surface area contributed by atoms with Crippen LogP contribution in [0.2, 0.25) is 0 Å². The van der Waals surface area contributed by atoms with Gasteiger partial charge in [0, 0.05) is 18.8 Å². The van der Waals surface area contributed by atoms with Gasteiger partial charge in [0.25, 0.3) is 0 Å². The number of hydrogen-bond acceptors (Lipinski definition) is 5. The van der Waals surface area contributed by atoms with E-state index in [0.717, 1.165) is 12.8 Å². The third-order valence-corrected chi connectivity index (χ3v) is 4.93. The van der Waals surface area contributed by atoms with Gasteiger partial charge in [-0.3, -0.25) is 4.98 Å². The summed E-state index contributed by atoms with van der Waals surface area (Å²) in [6.45, 7) is 0.0598. The maximum absolute atomic E-state index is 12.3. The van der Waals surface area contributed by atoms with Gasteiger partial charge in [0.05, 0.1) is 11.8 Å². The highest BCUT2D eigenvalue weighted by Crippen LogP contribution is 2.21. The molecule has 19 heavy (non-hydrogen) atoms. The second kappa shape index (κ2) is 5.96. The Kier molecular flexibility index (Phi) is 4.51. The zero-order chi connectivity index (χ0) is 13.9. The van der Waals surface area contributed by atoms with E-state index in [1.165, 1.54) is 12.3 Å². The van der Waals surface area contributed by atoms with E-state index in [-0.39, 0.29) is 11.4 Å². The number of rotatable bonds is 4. The van der Waals surface area contributed by atoms with Crippen LogP contribution in [0.1, 0.15) is 31.4 Å². The van der Waals surface area contributed by atoms with Crippen LogP contribution in [0.25, 0.3) is 0 Å². The van der Waals surface area contributed by atoms with E-state index in [1.54, 1.807) is 6.07 Å². The van der Waals surface area contributed by atoms with Gasteiger partial charge in [-0.1, -0.05) is 12.8 Å². The molecule has 6 nitrogen and oxygen atoms in total. The van der Waals surface area contributed by atoms with Crippen molar-refractivity contribution < 1.29 is 13.5 Å². The van der Waals surface area contributed by atoms with Crippen LogP contribution < -0.4 is 10.5 Å². The van der Waals surface area contributed by atoms with Gasteiger partial charge in [-0.25, -0.2) is 13.1 Å². The summed E-state index contributed by atoms with van der Waals surface area (Å²) in [5, 5.41) is 9.84. The first kappa shape index (κ1) is 14.4. The smallest absolute Gasteiger partial charge is 0.242 e. The lowest BCUT2D eigenvalue weighted by Crippen LogP contribution is -2.45. The molecule has 1 aliphatic carbocycles. The minimum Gasteiger partial charge on any atom is -0.391 e. The summed E-state index contributed by atoms with van der Waals surface area (Å²) in [7, 11) is -3.69. The molecule has 1 saturated carbocycles. The molecule has 1 heterocycles. The van der Waals surface area contributed by atoms with Gasteiger partial charge < -0.3 is 10.8 Å². The van der Waals surface area contributed by atoms with E-state index in [1.807, 2.05) is 0 Å². The Morgan fingerprint density at radius 3 is 2.84 bits per heavy atom. The Morgan fingerprint density at radius 1 is 1.42 bits per heavy atom. The minimum absolute atomic E-state index is 0.0598. The van der Waals surface area contributed by atoms with Crippen LogP contribution in [0.15, 0.2) is 23.2 Å². The molecule has 0 spiro atoms. The topological polar surface area (TPSA) is 105 Å². The lowest BCUT2D eigenvalue weighted by Gasteiger charge is -2.28. The van der Waals surface area contributed by atoms with Crippen LogP contribution in [-0.4, -0.2) is 30.7 Å². The summed E-state index contributed by atoms with van der Waals surface area (Å²) in [4.78, 5) is 4.06. The second-order valence-corrected chi connectivity index (χ2v) is 6.41. The van der Waals surface area contributed by atoms with Crippen molar-refractivity contribution in [2.24, 2.45) is 5.73 Å². The van der Waals surface area contributed by atoms with Gasteiger partial charge in [0.2, 0.25) is 10.0 Å². The number of aliphatic hydroxyl groups is 1. The lowest BCUT2D eigenvalue weighted by atomic mass is 9.93. The molecule has 106 valence electrons. The van der Waals surface area contributed by atoms with Crippen LogP contribution in [0.4, 0.5) is 0 Å². The van der Waals surface area contributed by atoms with Gasteiger partial charge >= 0.3 is 0 Å². The Balaban J connectivity index is 2.22. The molecule has 2 rings (SSSR count). The van der Waals surface area contributed by atoms with Crippen molar-refractivity contribution in [2.45, 2.75) is 49.3 Å². The molecule has 2 unspecified atom stereocenters. The van der Waals surface area contributed by atoms with Crippen LogP contribution in [0.5, 0.6) is 0 Å². The van der Waals surface area contributed by atoms with E-state index >= 15 is 0 Å². The van der Waals surface area contributed by atoms with Gasteiger partial charge in [-0.05, 0) is 25.0 Å². The minimum atomic E-state index is -3.69. The zero-order valence-corrected chi connectivity index (χ0v) is 11.4. The maximum atomic E-state index is 12.3. The average molecular weight is 285 g/mol. The first-order valence-electron chi connectivity index (χ1n) is 6.39. The monoisotopic (exact) mass is 285 g/mol. The van der Waals surface area contributed by atoms with Crippen LogP contribution in [-0.2, 0) is 16.6 Å². The molecule has 0 bridgehead atoms. The number of aromatic nitrogens is 1. The first-order valence-corrected chi connectivity index (χ1v) is 7.87. The number of pyridine rings is 1. The molecule has 2 atom stereocenters. The summed E-state index contributed by atoms with van der Waals surface area (Å²) in [6.07, 6.45) is 4.02. The normalized spacial score (nSPS) is 24.3. The molecule has 4 N–H and O–H groups in total. The van der Waals surface area contributed by atoms with Gasteiger partial charge in [0.1, 0.15) is 4.90 Å². The molecule has 1 aliphatic rings. The number of nitrogens with two attached hydrogens (primary N) is 1. The highest BCUT2D eigenvalue weighted by molar-refractivity contribution is 7.89. The first-order chi connectivity index (χ1) is 9.04. The quantitative estimate of drug-likeness (QED) is 0.729. The third kappa shape index (κ3) is 3.30. The van der Waals surface area contributed by atoms with E-state index in [2.05, 4.69) is 9.71 Å². The summed E-state index contributed by atoms with van der Waals surface area (Å²) in [5.41, 5.74) is 5.84. The summed E-state index contributed by atoms with van der Waals surface area (Å²) < 4.78 is 27.2. The van der Waals surface area contributed by atoms with E-state index in [0.29, 0.717) is 18.5 Å². The van der Waals surface area contributed by atoms with Crippen LogP contribution in [0.3, 0.4) is 0 Å². The third-order valence-electron chi connectivity index (χ3n) is 3.37. The Bertz CT molecular complexity index is 533. The fourth-order valence-corrected chi connectivity index (χ4v) is 3.84. The zero-order valence-electron chi connectivity index (χ0n) is 10.6. The molecule has 1 fully saturated rings. The second-order valence-electron chi connectivity index (χ2n) is 4.73. The molecule has 1 aromatic heterocycles. The number of nitrogens with one attached hydrogen (secondary N) is 1. The molecule has 1 aromatic rings. The molecule has 0 radical (unpaired) electrons. The predicted molar refractivity (Wildman–Crippen MR) is 70.7 cm³/mol. The van der Waals surface area contributed by atoms with Crippen molar-refractivity contribution >= 4 is 10.0 Å². The van der Waals surface area contributed by atoms with Crippen molar-refractivity contribution in [3.8, 4) is 0 Å². The van der Waals surface area contributed by atoms with Gasteiger partial charge in [0.15, 0.2) is 0 Å². The Morgan fingerprint density at radius 2 is 2.16 bits per heavy atom. The molecule has 0 aliphatic heterocycles. The van der Waals surface area contributed by atoms with Crippen LogP contribution in [0, 0.1) is 0 Å². The molecule has 0 amide bonds. The SMILES string of the molecule is NCc1ncccc1S(=O)(=O)NC1CCCCC1O. The Labute approximate surface area is 113 Å². The van der Waals surface area contributed by atoms with Crippen molar-refractivity contribution in [3.05, 3.63) is 24.0 Å². The molecule has 0 saturated heterocycles. The number of sulfonamides is 1. The van der Waals surface area contributed by atoms with Gasteiger partial charge in [-0.15, -0.1) is 0 Å². The summed E-state index contributed by atoms with van der Waals surface area (Å²) >= 11 is 0. The summed E-state index contributed by atoms with van der Waals surface area (Å²) in [6, 6.07) is 2.61. The van der Waals surface area contributed by atoms with E-state index in [4.69, 9.17) is 5.73 Å². The van der Waals surface area contributed by atoms with Crippen LogP contribution >= 0.6 is 0 Å². The molecule has 7 heteroatoms. The maximum Gasteiger partial charge on any atom is 0.242 e. The standard InChI is InChI=1S/C12H19N3O3S/c13-8-10-12(6-3-7-14-10)19(17,18)15-9-4-1-2-5-11(9)16/h3,6-7,9,11,15-16H,1-2,4-5,8,13H2. The van der Waals surface area contributed by atoms with Crippen molar-refractivity contribution in [1.82, 2.24) is 9.71 Å². The van der Waals surface area contributed by atoms with E-state index < -0.39 is 22.2 Å². The van der Waals surface area contributed by atoms with Crippen molar-refractivity contribution in [3.63, 3.8) is 0 Å². The molecular formula is C12H19N3O3S. The lowest BCUT2D eigenvalue weighted by molar-refractivity contribution is 0.101. The average Bonchev–Trinajstić information content (AvgIpc) is 2.41. The van der Waals surface area contributed by atoms with Gasteiger partial charge in [-0.2, -0.15) is 0 Å². The fourth-order valence-electron chi connectivity index (χ4n) is 2.33.